The quantitative estimate of drug-likeness (QED) is 0.839. The first-order chi connectivity index (χ1) is 8.70. The number of benzene rings is 2. The molecule has 3 heteroatoms. The van der Waals surface area contributed by atoms with Crippen LogP contribution in [0.5, 0.6) is 0 Å². The van der Waals surface area contributed by atoms with Crippen LogP contribution in [0.1, 0.15) is 22.0 Å². The van der Waals surface area contributed by atoms with Crippen LogP contribution < -0.4 is 0 Å². The summed E-state index contributed by atoms with van der Waals surface area (Å²) in [5, 5.41) is 9.82. The Morgan fingerprint density at radius 2 is 1.44 bits per heavy atom. The Labute approximate surface area is 105 Å². The van der Waals surface area contributed by atoms with Gasteiger partial charge >= 0.3 is 0 Å². The van der Waals surface area contributed by atoms with E-state index < -0.39 is 18.1 Å². The monoisotopic (exact) mass is 244 g/mol. The van der Waals surface area contributed by atoms with Gasteiger partial charge in [-0.2, -0.15) is 0 Å². The van der Waals surface area contributed by atoms with Crippen molar-refractivity contribution >= 4 is 5.78 Å². The topological polar surface area (TPSA) is 37.3 Å². The maximum atomic E-state index is 14.0. The molecule has 2 nitrogen and oxygen atoms in total. The van der Waals surface area contributed by atoms with E-state index >= 15 is 0 Å². The summed E-state index contributed by atoms with van der Waals surface area (Å²) in [5.41, 5.74) is 0.661. The number of aliphatic hydroxyl groups is 1. The Hall–Kier alpha value is -2.00. The molecule has 92 valence electrons. The van der Waals surface area contributed by atoms with Crippen molar-refractivity contribution in [2.45, 2.75) is 12.3 Å². The van der Waals surface area contributed by atoms with Gasteiger partial charge in [-0.1, -0.05) is 60.7 Å². The van der Waals surface area contributed by atoms with Crippen LogP contribution in [-0.2, 0) is 0 Å². The van der Waals surface area contributed by atoms with Gasteiger partial charge in [0.25, 0.3) is 0 Å². The van der Waals surface area contributed by atoms with Crippen LogP contribution in [-0.4, -0.2) is 17.1 Å². The van der Waals surface area contributed by atoms with Crippen molar-refractivity contribution in [1.82, 2.24) is 0 Å². The van der Waals surface area contributed by atoms with Gasteiger partial charge in [-0.25, -0.2) is 4.39 Å². The van der Waals surface area contributed by atoms with Crippen molar-refractivity contribution < 1.29 is 14.3 Å². The van der Waals surface area contributed by atoms with Gasteiger partial charge in [-0.3, -0.25) is 4.79 Å². The van der Waals surface area contributed by atoms with E-state index in [2.05, 4.69) is 0 Å². The molecule has 0 fully saturated rings. The molecule has 0 amide bonds. The molecule has 2 rings (SSSR count). The number of hydrogen-bond donors (Lipinski definition) is 1. The summed E-state index contributed by atoms with van der Waals surface area (Å²) < 4.78 is 14.0. The van der Waals surface area contributed by atoms with E-state index in [1.165, 1.54) is 12.1 Å². The number of aliphatic hydroxyl groups excluding tert-OH is 1. The zero-order valence-corrected chi connectivity index (χ0v) is 9.66. The predicted molar refractivity (Wildman–Crippen MR) is 67.1 cm³/mol. The molecule has 0 saturated carbocycles. The molecule has 0 bridgehead atoms. The van der Waals surface area contributed by atoms with Crippen molar-refractivity contribution in [3.8, 4) is 0 Å². The van der Waals surface area contributed by atoms with Crippen molar-refractivity contribution in [2.75, 3.05) is 0 Å². The lowest BCUT2D eigenvalue weighted by molar-refractivity contribution is 0.0549. The normalized spacial score (nSPS) is 13.9. The fourth-order valence-corrected chi connectivity index (χ4v) is 1.72. The number of hydrogen-bond acceptors (Lipinski definition) is 2. The summed E-state index contributed by atoms with van der Waals surface area (Å²) in [6.45, 7) is 0. The standard InChI is InChI=1S/C15H13FO2/c16-13(14(17)11-7-3-1-4-8-11)15(18)12-9-5-2-6-10-12/h1-10,13-14,17H. The molecule has 0 aliphatic rings. The van der Waals surface area contributed by atoms with E-state index in [1.807, 2.05) is 0 Å². The maximum absolute atomic E-state index is 14.0. The van der Waals surface area contributed by atoms with Gasteiger partial charge in [-0.05, 0) is 5.56 Å². The van der Waals surface area contributed by atoms with E-state index in [4.69, 9.17) is 0 Å². The lowest BCUT2D eigenvalue weighted by atomic mass is 9.98. The fraction of sp³-hybridized carbons (Fsp3) is 0.133. The molecule has 1 N–H and O–H groups in total. The first kappa shape index (κ1) is 12.5. The second kappa shape index (κ2) is 5.56. The van der Waals surface area contributed by atoms with E-state index in [9.17, 15) is 14.3 Å². The molecule has 18 heavy (non-hydrogen) atoms. The minimum atomic E-state index is -1.95. The van der Waals surface area contributed by atoms with Gasteiger partial charge < -0.3 is 5.11 Å². The summed E-state index contributed by atoms with van der Waals surface area (Å²) in [6.07, 6.45) is -3.38. The number of ketones is 1. The van der Waals surface area contributed by atoms with Crippen LogP contribution >= 0.6 is 0 Å². The van der Waals surface area contributed by atoms with E-state index in [0.29, 0.717) is 5.56 Å². The Morgan fingerprint density at radius 3 is 2.00 bits per heavy atom. The smallest absolute Gasteiger partial charge is 0.199 e. The molecule has 0 aliphatic carbocycles. The summed E-state index contributed by atoms with van der Waals surface area (Å²) in [4.78, 5) is 11.8. The second-order valence-electron chi connectivity index (χ2n) is 3.99. The molecule has 2 aromatic rings. The fourth-order valence-electron chi connectivity index (χ4n) is 1.72. The number of halogens is 1. The minimum absolute atomic E-state index is 0.264. The van der Waals surface area contributed by atoms with E-state index in [-0.39, 0.29) is 5.56 Å². The van der Waals surface area contributed by atoms with Crippen LogP contribution in [0.4, 0.5) is 4.39 Å². The summed E-state index contributed by atoms with van der Waals surface area (Å²) in [5.74, 6) is -0.702. The molecule has 0 aliphatic heterocycles. The van der Waals surface area contributed by atoms with Crippen molar-refractivity contribution in [3.05, 3.63) is 71.8 Å². The molecule has 0 aromatic heterocycles. The van der Waals surface area contributed by atoms with Gasteiger partial charge in [0.05, 0.1) is 0 Å². The number of carbonyl (C=O) groups is 1. The Bertz CT molecular complexity index is 511. The van der Waals surface area contributed by atoms with E-state index in [0.717, 1.165) is 0 Å². The van der Waals surface area contributed by atoms with Gasteiger partial charge in [0.2, 0.25) is 0 Å². The van der Waals surface area contributed by atoms with Crippen LogP contribution in [0, 0.1) is 0 Å². The van der Waals surface area contributed by atoms with Crippen molar-refractivity contribution in [3.63, 3.8) is 0 Å². The highest BCUT2D eigenvalue weighted by Crippen LogP contribution is 2.22. The Morgan fingerprint density at radius 1 is 0.944 bits per heavy atom. The molecule has 0 heterocycles. The first-order valence-corrected chi connectivity index (χ1v) is 5.66. The maximum Gasteiger partial charge on any atom is 0.199 e. The summed E-state index contributed by atoms with van der Waals surface area (Å²) in [7, 11) is 0. The van der Waals surface area contributed by atoms with Crippen LogP contribution in [0.25, 0.3) is 0 Å². The lowest BCUT2D eigenvalue weighted by Crippen LogP contribution is -2.23. The lowest BCUT2D eigenvalue weighted by Gasteiger charge is -2.15. The molecule has 0 saturated heterocycles. The average Bonchev–Trinajstić information content (AvgIpc) is 2.47. The Balaban J connectivity index is 2.17. The van der Waals surface area contributed by atoms with Crippen LogP contribution in [0.2, 0.25) is 0 Å². The Kier molecular flexibility index (Phi) is 3.85. The SMILES string of the molecule is O=C(c1ccccc1)C(F)C(O)c1ccccc1. The highest BCUT2D eigenvalue weighted by Gasteiger charge is 2.28. The molecule has 0 spiro atoms. The predicted octanol–water partition coefficient (Wildman–Crippen LogP) is 2.94. The molecular weight excluding hydrogens is 231 g/mol. The zero-order valence-electron chi connectivity index (χ0n) is 9.66. The third-order valence-electron chi connectivity index (χ3n) is 2.73. The summed E-state index contributed by atoms with van der Waals surface area (Å²) >= 11 is 0. The van der Waals surface area contributed by atoms with Crippen molar-refractivity contribution in [1.29, 1.82) is 0 Å². The third-order valence-corrected chi connectivity index (χ3v) is 2.73. The highest BCUT2D eigenvalue weighted by atomic mass is 19.1. The molecular formula is C15H13FO2. The van der Waals surface area contributed by atoms with Crippen LogP contribution in [0.15, 0.2) is 60.7 Å². The zero-order chi connectivity index (χ0) is 13.0. The number of Topliss-reactive ketones (excluding diaryl/α,β-unsaturated/α-hetero) is 1. The second-order valence-corrected chi connectivity index (χ2v) is 3.99. The largest absolute Gasteiger partial charge is 0.385 e. The minimum Gasteiger partial charge on any atom is -0.385 e. The number of rotatable bonds is 4. The molecule has 2 atom stereocenters. The number of alkyl halides is 1. The third kappa shape index (κ3) is 2.63. The van der Waals surface area contributed by atoms with Gasteiger partial charge in [0, 0.05) is 5.56 Å². The molecule has 2 unspecified atom stereocenters. The first-order valence-electron chi connectivity index (χ1n) is 5.66. The van der Waals surface area contributed by atoms with Crippen LogP contribution in [0.3, 0.4) is 0 Å². The highest BCUT2D eigenvalue weighted by molar-refractivity contribution is 5.99. The average molecular weight is 244 g/mol. The van der Waals surface area contributed by atoms with Gasteiger partial charge in [0.1, 0.15) is 6.10 Å². The summed E-state index contributed by atoms with van der Waals surface area (Å²) in [6, 6.07) is 16.5. The number of carbonyl (C=O) groups excluding carboxylic acids is 1. The van der Waals surface area contributed by atoms with Crippen molar-refractivity contribution in [2.24, 2.45) is 0 Å². The molecule has 2 aromatic carbocycles. The molecule has 0 radical (unpaired) electrons. The van der Waals surface area contributed by atoms with Gasteiger partial charge in [0.15, 0.2) is 12.0 Å². The van der Waals surface area contributed by atoms with E-state index in [1.54, 1.807) is 48.5 Å². The van der Waals surface area contributed by atoms with Gasteiger partial charge in [-0.15, -0.1) is 0 Å².